The van der Waals surface area contributed by atoms with Crippen LogP contribution in [0.4, 0.5) is 5.69 Å². The van der Waals surface area contributed by atoms with Crippen LogP contribution in [0.15, 0.2) is 77.0 Å². The highest BCUT2D eigenvalue weighted by atomic mass is 32.2. The molecule has 3 aromatic rings. The van der Waals surface area contributed by atoms with E-state index in [0.29, 0.717) is 5.16 Å². The maximum Gasteiger partial charge on any atom is 0.231 e. The summed E-state index contributed by atoms with van der Waals surface area (Å²) >= 11 is 1.51. The van der Waals surface area contributed by atoms with Crippen molar-refractivity contribution in [2.24, 2.45) is 0 Å². The zero-order valence-corrected chi connectivity index (χ0v) is 16.4. The summed E-state index contributed by atoms with van der Waals surface area (Å²) in [6.07, 6.45) is 5.25. The van der Waals surface area contributed by atoms with E-state index >= 15 is 0 Å². The number of nitrogens with one attached hydrogen (secondary N) is 1. The number of carbonyl (C=O) groups is 1. The van der Waals surface area contributed by atoms with E-state index in [9.17, 15) is 4.79 Å². The fourth-order valence-electron chi connectivity index (χ4n) is 2.93. The Labute approximate surface area is 164 Å². The Morgan fingerprint density at radius 2 is 1.81 bits per heavy atom. The summed E-state index contributed by atoms with van der Waals surface area (Å²) in [6.45, 7) is 4.11. The number of amides is 1. The van der Waals surface area contributed by atoms with Gasteiger partial charge in [-0.2, -0.15) is 0 Å². The standard InChI is InChI=1S/C22H23N3OS/c1-3-8-19(17-9-5-4-6-10-17)21(26)25-20-12-11-18(15-16(20)2)27-22-23-13-7-14-24-22/h4-7,9-15,19H,3,8H2,1-2H3,(H,25,26). The average Bonchev–Trinajstić information content (AvgIpc) is 2.69. The van der Waals surface area contributed by atoms with Crippen molar-refractivity contribution in [1.82, 2.24) is 9.97 Å². The number of hydrogen-bond acceptors (Lipinski definition) is 4. The molecule has 1 unspecified atom stereocenters. The molecule has 3 rings (SSSR count). The highest BCUT2D eigenvalue weighted by molar-refractivity contribution is 7.99. The van der Waals surface area contributed by atoms with Gasteiger partial charge >= 0.3 is 0 Å². The molecule has 1 aromatic heterocycles. The predicted molar refractivity (Wildman–Crippen MR) is 110 cm³/mol. The van der Waals surface area contributed by atoms with Crippen molar-refractivity contribution < 1.29 is 4.79 Å². The van der Waals surface area contributed by atoms with Gasteiger partial charge in [0.15, 0.2) is 5.16 Å². The third-order valence-corrected chi connectivity index (χ3v) is 5.19. The molecule has 1 atom stereocenters. The third-order valence-electron chi connectivity index (χ3n) is 4.30. The lowest BCUT2D eigenvalue weighted by molar-refractivity contribution is -0.117. The largest absolute Gasteiger partial charge is 0.325 e. The molecule has 1 N–H and O–H groups in total. The van der Waals surface area contributed by atoms with Crippen molar-refractivity contribution in [2.75, 3.05) is 5.32 Å². The number of nitrogens with zero attached hydrogens (tertiary/aromatic N) is 2. The second kappa shape index (κ2) is 9.33. The Kier molecular flexibility index (Phi) is 6.60. The van der Waals surface area contributed by atoms with E-state index in [2.05, 4.69) is 22.2 Å². The molecule has 0 saturated carbocycles. The van der Waals surface area contributed by atoms with Gasteiger partial charge in [0.25, 0.3) is 0 Å². The average molecular weight is 378 g/mol. The summed E-state index contributed by atoms with van der Waals surface area (Å²) in [6, 6.07) is 17.8. The van der Waals surface area contributed by atoms with Crippen molar-refractivity contribution in [3.05, 3.63) is 78.1 Å². The first kappa shape index (κ1) is 19.1. The molecule has 0 fully saturated rings. The Balaban J connectivity index is 1.73. The molecule has 0 bridgehead atoms. The first-order valence-corrected chi connectivity index (χ1v) is 9.90. The molecule has 0 radical (unpaired) electrons. The van der Waals surface area contributed by atoms with Crippen LogP contribution in [0.1, 0.15) is 36.8 Å². The Morgan fingerprint density at radius 3 is 2.48 bits per heavy atom. The second-order valence-corrected chi connectivity index (χ2v) is 7.39. The summed E-state index contributed by atoms with van der Waals surface area (Å²) in [4.78, 5) is 22.4. The van der Waals surface area contributed by atoms with Crippen LogP contribution in [-0.2, 0) is 4.79 Å². The normalized spacial score (nSPS) is 11.8. The quantitative estimate of drug-likeness (QED) is 0.556. The minimum absolute atomic E-state index is 0.0398. The van der Waals surface area contributed by atoms with Crippen LogP contribution in [-0.4, -0.2) is 15.9 Å². The first-order chi connectivity index (χ1) is 13.2. The van der Waals surface area contributed by atoms with Gasteiger partial charge in [0, 0.05) is 23.0 Å². The molecule has 4 nitrogen and oxygen atoms in total. The molecular weight excluding hydrogens is 354 g/mol. The fraction of sp³-hybridized carbons (Fsp3) is 0.227. The minimum atomic E-state index is -0.137. The van der Waals surface area contributed by atoms with Crippen LogP contribution < -0.4 is 5.32 Å². The van der Waals surface area contributed by atoms with E-state index in [1.165, 1.54) is 11.8 Å². The van der Waals surface area contributed by atoms with Crippen molar-refractivity contribution in [2.45, 2.75) is 42.7 Å². The van der Waals surface area contributed by atoms with E-state index in [0.717, 1.165) is 34.6 Å². The predicted octanol–water partition coefficient (Wildman–Crippen LogP) is 5.46. The van der Waals surface area contributed by atoms with Gasteiger partial charge in [-0.1, -0.05) is 43.7 Å². The molecule has 1 heterocycles. The van der Waals surface area contributed by atoms with Crippen molar-refractivity contribution >= 4 is 23.4 Å². The van der Waals surface area contributed by atoms with Crippen molar-refractivity contribution in [1.29, 1.82) is 0 Å². The van der Waals surface area contributed by atoms with E-state index < -0.39 is 0 Å². The van der Waals surface area contributed by atoms with Gasteiger partial charge in [-0.15, -0.1) is 0 Å². The Bertz CT molecular complexity index is 885. The lowest BCUT2D eigenvalue weighted by Gasteiger charge is -2.18. The number of hydrogen-bond donors (Lipinski definition) is 1. The van der Waals surface area contributed by atoms with Crippen LogP contribution >= 0.6 is 11.8 Å². The number of aryl methyl sites for hydroxylation is 1. The zero-order chi connectivity index (χ0) is 19.1. The van der Waals surface area contributed by atoms with Gasteiger partial charge in [0.05, 0.1) is 5.92 Å². The summed E-state index contributed by atoms with van der Waals surface area (Å²) in [5, 5.41) is 3.81. The summed E-state index contributed by atoms with van der Waals surface area (Å²) in [5.74, 6) is -0.0969. The van der Waals surface area contributed by atoms with E-state index in [4.69, 9.17) is 0 Å². The van der Waals surface area contributed by atoms with Crippen LogP contribution in [0.2, 0.25) is 0 Å². The maximum absolute atomic E-state index is 12.9. The molecule has 0 spiro atoms. The number of aromatic nitrogens is 2. The van der Waals surface area contributed by atoms with E-state index in [-0.39, 0.29) is 11.8 Å². The Morgan fingerprint density at radius 1 is 1.07 bits per heavy atom. The topological polar surface area (TPSA) is 54.9 Å². The molecule has 0 aliphatic carbocycles. The highest BCUT2D eigenvalue weighted by Crippen LogP contribution is 2.29. The molecule has 0 aliphatic heterocycles. The van der Waals surface area contributed by atoms with Gasteiger partial charge in [0.1, 0.15) is 0 Å². The SMILES string of the molecule is CCCC(C(=O)Nc1ccc(Sc2ncccn2)cc1C)c1ccccc1. The number of carbonyl (C=O) groups excluding carboxylic acids is 1. The molecule has 2 aromatic carbocycles. The molecular formula is C22H23N3OS. The number of anilines is 1. The lowest BCUT2D eigenvalue weighted by Crippen LogP contribution is -2.21. The molecule has 1 amide bonds. The summed E-state index contributed by atoms with van der Waals surface area (Å²) < 4.78 is 0. The summed E-state index contributed by atoms with van der Waals surface area (Å²) in [5.41, 5.74) is 2.92. The van der Waals surface area contributed by atoms with Gasteiger partial charge in [-0.05, 0) is 60.5 Å². The van der Waals surface area contributed by atoms with Gasteiger partial charge < -0.3 is 5.32 Å². The van der Waals surface area contributed by atoms with Crippen LogP contribution in [0.3, 0.4) is 0 Å². The monoisotopic (exact) mass is 377 g/mol. The van der Waals surface area contributed by atoms with Crippen LogP contribution in [0.5, 0.6) is 0 Å². The van der Waals surface area contributed by atoms with Crippen LogP contribution in [0.25, 0.3) is 0 Å². The fourth-order valence-corrected chi connectivity index (χ4v) is 3.74. The van der Waals surface area contributed by atoms with Crippen LogP contribution in [0, 0.1) is 6.92 Å². The molecule has 138 valence electrons. The van der Waals surface area contributed by atoms with E-state index in [1.54, 1.807) is 18.5 Å². The second-order valence-electron chi connectivity index (χ2n) is 6.35. The number of rotatable bonds is 7. The summed E-state index contributed by atoms with van der Waals surface area (Å²) in [7, 11) is 0. The molecule has 5 heteroatoms. The van der Waals surface area contributed by atoms with Crippen molar-refractivity contribution in [3.8, 4) is 0 Å². The van der Waals surface area contributed by atoms with Gasteiger partial charge in [0.2, 0.25) is 5.91 Å². The van der Waals surface area contributed by atoms with Gasteiger partial charge in [-0.3, -0.25) is 4.79 Å². The number of benzene rings is 2. The molecule has 0 aliphatic rings. The van der Waals surface area contributed by atoms with Gasteiger partial charge in [-0.25, -0.2) is 9.97 Å². The third kappa shape index (κ3) is 5.17. The molecule has 27 heavy (non-hydrogen) atoms. The minimum Gasteiger partial charge on any atom is -0.325 e. The van der Waals surface area contributed by atoms with Crippen molar-refractivity contribution in [3.63, 3.8) is 0 Å². The zero-order valence-electron chi connectivity index (χ0n) is 15.6. The lowest BCUT2D eigenvalue weighted by atomic mass is 9.93. The maximum atomic E-state index is 12.9. The Hall–Kier alpha value is -2.66. The van der Waals surface area contributed by atoms with E-state index in [1.807, 2.05) is 55.5 Å². The highest BCUT2D eigenvalue weighted by Gasteiger charge is 2.20. The first-order valence-electron chi connectivity index (χ1n) is 9.08. The smallest absolute Gasteiger partial charge is 0.231 e. The molecule has 0 saturated heterocycles.